The highest BCUT2D eigenvalue weighted by Crippen LogP contribution is 2.05. The lowest BCUT2D eigenvalue weighted by molar-refractivity contribution is -0.152. The van der Waals surface area contributed by atoms with Gasteiger partial charge in [-0.25, -0.2) is 0 Å². The van der Waals surface area contributed by atoms with Crippen molar-refractivity contribution in [1.29, 1.82) is 0 Å². The first-order valence-corrected chi connectivity index (χ1v) is 4.16. The van der Waals surface area contributed by atoms with Gasteiger partial charge in [0.05, 0.1) is 19.1 Å². The second-order valence-electron chi connectivity index (χ2n) is 3.22. The third kappa shape index (κ3) is 2.79. The molecule has 12 heavy (non-hydrogen) atoms. The minimum atomic E-state index is -0.138. The van der Waals surface area contributed by atoms with Gasteiger partial charge in [-0.2, -0.15) is 0 Å². The van der Waals surface area contributed by atoms with Crippen molar-refractivity contribution in [2.45, 2.75) is 19.9 Å². The first-order valence-electron chi connectivity index (χ1n) is 4.16. The van der Waals surface area contributed by atoms with Crippen molar-refractivity contribution in [3.8, 4) is 0 Å². The third-order valence-corrected chi connectivity index (χ3v) is 1.61. The van der Waals surface area contributed by atoms with Crippen molar-refractivity contribution in [3.05, 3.63) is 0 Å². The molecular formula is C8H15NO3. The third-order valence-electron chi connectivity index (χ3n) is 1.61. The molecule has 0 aromatic rings. The van der Waals surface area contributed by atoms with E-state index in [9.17, 15) is 4.79 Å². The summed E-state index contributed by atoms with van der Waals surface area (Å²) in [7, 11) is 0. The molecule has 0 unspecified atom stereocenters. The molecule has 1 amide bonds. The second kappa shape index (κ2) is 4.42. The molecule has 0 aromatic carbocycles. The summed E-state index contributed by atoms with van der Waals surface area (Å²) in [5, 5.41) is 2.81. The van der Waals surface area contributed by atoms with Gasteiger partial charge in [-0.3, -0.25) is 4.79 Å². The van der Waals surface area contributed by atoms with E-state index in [-0.39, 0.29) is 17.9 Å². The van der Waals surface area contributed by atoms with E-state index in [0.29, 0.717) is 20.0 Å². The molecule has 0 spiro atoms. The normalized spacial score (nSPS) is 19.6. The first-order chi connectivity index (χ1) is 5.70. The topological polar surface area (TPSA) is 47.6 Å². The minimum absolute atomic E-state index is 0.0182. The summed E-state index contributed by atoms with van der Waals surface area (Å²) in [6, 6.07) is 0.180. The molecule has 1 aliphatic heterocycles. The number of ether oxygens (including phenoxy) is 2. The fourth-order valence-corrected chi connectivity index (χ4v) is 1.04. The van der Waals surface area contributed by atoms with Gasteiger partial charge < -0.3 is 14.8 Å². The van der Waals surface area contributed by atoms with Crippen molar-refractivity contribution < 1.29 is 14.3 Å². The predicted octanol–water partition coefficient (Wildman–Crippen LogP) is 0.131. The Morgan fingerprint density at radius 3 is 2.50 bits per heavy atom. The van der Waals surface area contributed by atoms with Crippen LogP contribution in [-0.2, 0) is 14.3 Å². The number of hydrogen-bond acceptors (Lipinski definition) is 3. The summed E-state index contributed by atoms with van der Waals surface area (Å²) in [6.07, 6.45) is 0. The smallest absolute Gasteiger partial charge is 0.227 e. The Labute approximate surface area is 72.2 Å². The Balaban J connectivity index is 2.30. The van der Waals surface area contributed by atoms with Crippen molar-refractivity contribution in [3.63, 3.8) is 0 Å². The van der Waals surface area contributed by atoms with Gasteiger partial charge in [0.15, 0.2) is 0 Å². The van der Waals surface area contributed by atoms with E-state index in [2.05, 4.69) is 5.32 Å². The van der Waals surface area contributed by atoms with Gasteiger partial charge in [0, 0.05) is 6.04 Å². The first kappa shape index (κ1) is 9.48. The zero-order chi connectivity index (χ0) is 8.97. The molecule has 0 saturated carbocycles. The van der Waals surface area contributed by atoms with Gasteiger partial charge >= 0.3 is 0 Å². The van der Waals surface area contributed by atoms with Crippen molar-refractivity contribution in [2.75, 3.05) is 20.0 Å². The molecule has 1 aliphatic rings. The summed E-state index contributed by atoms with van der Waals surface area (Å²) >= 11 is 0. The van der Waals surface area contributed by atoms with Crippen LogP contribution in [0.5, 0.6) is 0 Å². The molecule has 4 nitrogen and oxygen atoms in total. The lowest BCUT2D eigenvalue weighted by Gasteiger charge is -2.22. The van der Waals surface area contributed by atoms with E-state index < -0.39 is 0 Å². The SMILES string of the molecule is CC(C)NC(=O)C1COCOC1. The molecule has 1 saturated heterocycles. The van der Waals surface area contributed by atoms with Crippen LogP contribution in [0.3, 0.4) is 0 Å². The summed E-state index contributed by atoms with van der Waals surface area (Å²) < 4.78 is 10.0. The Morgan fingerprint density at radius 1 is 1.42 bits per heavy atom. The maximum Gasteiger partial charge on any atom is 0.227 e. The summed E-state index contributed by atoms with van der Waals surface area (Å²) in [4.78, 5) is 11.3. The van der Waals surface area contributed by atoms with Crippen molar-refractivity contribution >= 4 is 5.91 Å². The highest BCUT2D eigenvalue weighted by molar-refractivity contribution is 5.79. The zero-order valence-corrected chi connectivity index (χ0v) is 7.50. The van der Waals surface area contributed by atoms with Crippen LogP contribution in [0.1, 0.15) is 13.8 Å². The van der Waals surface area contributed by atoms with Gasteiger partial charge in [-0.15, -0.1) is 0 Å². The number of rotatable bonds is 2. The highest BCUT2D eigenvalue weighted by atomic mass is 16.7. The van der Waals surface area contributed by atoms with E-state index in [0.717, 1.165) is 0 Å². The molecular weight excluding hydrogens is 158 g/mol. The lowest BCUT2D eigenvalue weighted by Crippen LogP contribution is -2.41. The standard InChI is InChI=1S/C8H15NO3/c1-6(2)9-8(10)7-3-11-5-12-4-7/h6-7H,3-5H2,1-2H3,(H,9,10). The molecule has 0 bridgehead atoms. The van der Waals surface area contributed by atoms with Gasteiger partial charge in [0.1, 0.15) is 6.79 Å². The van der Waals surface area contributed by atoms with Crippen molar-refractivity contribution in [2.24, 2.45) is 5.92 Å². The van der Waals surface area contributed by atoms with Crippen LogP contribution in [0.25, 0.3) is 0 Å². The van der Waals surface area contributed by atoms with Gasteiger partial charge in [0.2, 0.25) is 5.91 Å². The van der Waals surface area contributed by atoms with Crippen LogP contribution >= 0.6 is 0 Å². The van der Waals surface area contributed by atoms with Crippen LogP contribution in [0, 0.1) is 5.92 Å². The maximum atomic E-state index is 11.3. The van der Waals surface area contributed by atoms with E-state index in [1.807, 2.05) is 13.8 Å². The lowest BCUT2D eigenvalue weighted by atomic mass is 10.1. The largest absolute Gasteiger partial charge is 0.355 e. The zero-order valence-electron chi connectivity index (χ0n) is 7.50. The Kier molecular flexibility index (Phi) is 3.49. The molecule has 1 fully saturated rings. The Morgan fingerprint density at radius 2 is 2.00 bits per heavy atom. The molecule has 0 aromatic heterocycles. The van der Waals surface area contributed by atoms with E-state index in [4.69, 9.17) is 9.47 Å². The van der Waals surface area contributed by atoms with Crippen LogP contribution in [0.2, 0.25) is 0 Å². The highest BCUT2D eigenvalue weighted by Gasteiger charge is 2.22. The summed E-state index contributed by atoms with van der Waals surface area (Å²) in [5.41, 5.74) is 0. The van der Waals surface area contributed by atoms with Crippen LogP contribution in [0.4, 0.5) is 0 Å². The van der Waals surface area contributed by atoms with Gasteiger partial charge in [0.25, 0.3) is 0 Å². The fourth-order valence-electron chi connectivity index (χ4n) is 1.04. The molecule has 1 N–H and O–H groups in total. The molecule has 0 aliphatic carbocycles. The number of carbonyl (C=O) groups is 1. The quantitative estimate of drug-likeness (QED) is 0.645. The molecule has 1 rings (SSSR count). The molecule has 1 heterocycles. The maximum absolute atomic E-state index is 11.3. The predicted molar refractivity (Wildman–Crippen MR) is 43.5 cm³/mol. The van der Waals surface area contributed by atoms with E-state index >= 15 is 0 Å². The average Bonchev–Trinajstić information content (AvgIpc) is 2.05. The average molecular weight is 173 g/mol. The molecule has 70 valence electrons. The fraction of sp³-hybridized carbons (Fsp3) is 0.875. The van der Waals surface area contributed by atoms with Gasteiger partial charge in [-0.05, 0) is 13.8 Å². The van der Waals surface area contributed by atoms with Gasteiger partial charge in [-0.1, -0.05) is 0 Å². The monoisotopic (exact) mass is 173 g/mol. The van der Waals surface area contributed by atoms with E-state index in [1.165, 1.54) is 0 Å². The molecule has 0 radical (unpaired) electrons. The number of carbonyl (C=O) groups excluding carboxylic acids is 1. The van der Waals surface area contributed by atoms with Crippen molar-refractivity contribution in [1.82, 2.24) is 5.32 Å². The van der Waals surface area contributed by atoms with Crippen LogP contribution in [0.15, 0.2) is 0 Å². The minimum Gasteiger partial charge on any atom is -0.355 e. The second-order valence-corrected chi connectivity index (χ2v) is 3.22. The van der Waals surface area contributed by atoms with Crippen LogP contribution < -0.4 is 5.32 Å². The van der Waals surface area contributed by atoms with E-state index in [1.54, 1.807) is 0 Å². The summed E-state index contributed by atoms with van der Waals surface area (Å²) in [5.74, 6) is -0.120. The Hall–Kier alpha value is -0.610. The molecule has 4 heteroatoms. The number of hydrogen-bond donors (Lipinski definition) is 1. The summed E-state index contributed by atoms with van der Waals surface area (Å²) in [6.45, 7) is 5.12. The number of nitrogens with one attached hydrogen (secondary N) is 1. The molecule has 0 atom stereocenters. The van der Waals surface area contributed by atoms with Crippen LogP contribution in [-0.4, -0.2) is 32.0 Å². The Bertz CT molecular complexity index is 152. The number of amides is 1.